The average molecular weight is 224 g/mol. The Bertz CT molecular complexity index is 328. The van der Waals surface area contributed by atoms with Gasteiger partial charge in [0.05, 0.1) is 12.0 Å². The number of hydrogen-bond acceptors (Lipinski definition) is 3. The lowest BCUT2D eigenvalue weighted by Gasteiger charge is -2.39. The second-order valence-electron chi connectivity index (χ2n) is 5.64. The summed E-state index contributed by atoms with van der Waals surface area (Å²) in [7, 11) is 0. The Morgan fingerprint density at radius 2 is 1.94 bits per heavy atom. The van der Waals surface area contributed by atoms with Crippen molar-refractivity contribution in [1.29, 1.82) is 0 Å². The smallest absolute Gasteiger partial charge is 0.312 e. The van der Waals surface area contributed by atoms with Crippen LogP contribution >= 0.6 is 0 Å². The molecule has 0 spiro atoms. The van der Waals surface area contributed by atoms with Crippen LogP contribution in [0.3, 0.4) is 0 Å². The molecule has 3 heteroatoms. The standard InChI is InChI=1S/C13H20O3/c1-12(2)13(3,4)16-11(14)9-7-5-6-8-10(9)15-12/h6,8-10H,5,7H2,1-4H3/t9-,10-/m0/s1. The molecular weight excluding hydrogens is 204 g/mol. The molecule has 0 radical (unpaired) electrons. The normalized spacial score (nSPS) is 36.1. The number of carbonyl (C=O) groups excluding carboxylic acids is 1. The first kappa shape index (κ1) is 11.6. The third-order valence-electron chi connectivity index (χ3n) is 3.91. The maximum Gasteiger partial charge on any atom is 0.312 e. The van der Waals surface area contributed by atoms with Crippen molar-refractivity contribution in [2.24, 2.45) is 5.92 Å². The van der Waals surface area contributed by atoms with E-state index in [4.69, 9.17) is 9.47 Å². The Morgan fingerprint density at radius 1 is 1.25 bits per heavy atom. The van der Waals surface area contributed by atoms with E-state index in [-0.39, 0.29) is 18.0 Å². The Labute approximate surface area is 96.8 Å². The van der Waals surface area contributed by atoms with Gasteiger partial charge in [0.1, 0.15) is 11.2 Å². The number of rotatable bonds is 0. The van der Waals surface area contributed by atoms with Crippen LogP contribution in [0.1, 0.15) is 40.5 Å². The monoisotopic (exact) mass is 224 g/mol. The first-order valence-electron chi connectivity index (χ1n) is 5.91. The molecule has 0 saturated carbocycles. The molecule has 90 valence electrons. The largest absolute Gasteiger partial charge is 0.456 e. The van der Waals surface area contributed by atoms with Gasteiger partial charge < -0.3 is 9.47 Å². The van der Waals surface area contributed by atoms with Crippen LogP contribution in [0.5, 0.6) is 0 Å². The Kier molecular flexibility index (Phi) is 2.61. The van der Waals surface area contributed by atoms with Crippen LogP contribution in [0.2, 0.25) is 0 Å². The predicted molar refractivity (Wildman–Crippen MR) is 61.0 cm³/mol. The Balaban J connectivity index is 2.34. The summed E-state index contributed by atoms with van der Waals surface area (Å²) >= 11 is 0. The zero-order chi connectivity index (χ0) is 12.0. The number of carbonyl (C=O) groups is 1. The summed E-state index contributed by atoms with van der Waals surface area (Å²) in [5, 5.41) is 0. The molecule has 0 amide bonds. The highest BCUT2D eigenvalue weighted by Crippen LogP contribution is 2.38. The molecule has 1 saturated heterocycles. The van der Waals surface area contributed by atoms with Gasteiger partial charge in [-0.3, -0.25) is 4.79 Å². The van der Waals surface area contributed by atoms with E-state index in [1.54, 1.807) is 0 Å². The number of fused-ring (bicyclic) bond motifs is 1. The molecule has 1 aliphatic carbocycles. The molecule has 0 aromatic heterocycles. The zero-order valence-electron chi connectivity index (χ0n) is 10.4. The number of esters is 1. The van der Waals surface area contributed by atoms with E-state index in [0.29, 0.717) is 0 Å². The molecule has 0 aromatic rings. The van der Waals surface area contributed by atoms with Crippen molar-refractivity contribution < 1.29 is 14.3 Å². The van der Waals surface area contributed by atoms with Crippen LogP contribution in [-0.4, -0.2) is 23.3 Å². The summed E-state index contributed by atoms with van der Waals surface area (Å²) in [6, 6.07) is 0. The molecule has 2 rings (SSSR count). The molecule has 1 fully saturated rings. The number of cyclic esters (lactones) is 1. The Hall–Kier alpha value is -0.830. The molecule has 0 bridgehead atoms. The molecule has 3 nitrogen and oxygen atoms in total. The van der Waals surface area contributed by atoms with Gasteiger partial charge in [-0.2, -0.15) is 0 Å². The van der Waals surface area contributed by atoms with Gasteiger partial charge in [0.15, 0.2) is 0 Å². The van der Waals surface area contributed by atoms with Gasteiger partial charge in [0, 0.05) is 0 Å². The molecule has 2 aliphatic rings. The van der Waals surface area contributed by atoms with Crippen LogP contribution in [0, 0.1) is 5.92 Å². The van der Waals surface area contributed by atoms with Gasteiger partial charge in [-0.1, -0.05) is 12.2 Å². The topological polar surface area (TPSA) is 35.5 Å². The fraction of sp³-hybridized carbons (Fsp3) is 0.769. The summed E-state index contributed by atoms with van der Waals surface area (Å²) < 4.78 is 11.6. The van der Waals surface area contributed by atoms with Gasteiger partial charge >= 0.3 is 5.97 Å². The quantitative estimate of drug-likeness (QED) is 0.468. The molecule has 0 N–H and O–H groups in total. The minimum Gasteiger partial charge on any atom is -0.456 e. The summed E-state index contributed by atoms with van der Waals surface area (Å²) in [5.74, 6) is -0.254. The Morgan fingerprint density at radius 3 is 2.62 bits per heavy atom. The van der Waals surface area contributed by atoms with Crippen LogP contribution < -0.4 is 0 Å². The van der Waals surface area contributed by atoms with Gasteiger partial charge in [-0.15, -0.1) is 0 Å². The summed E-state index contributed by atoms with van der Waals surface area (Å²) in [4.78, 5) is 12.0. The third kappa shape index (κ3) is 1.77. The van der Waals surface area contributed by atoms with E-state index in [0.717, 1.165) is 12.8 Å². The highest BCUT2D eigenvalue weighted by molar-refractivity contribution is 5.74. The van der Waals surface area contributed by atoms with E-state index in [2.05, 4.69) is 6.08 Å². The summed E-state index contributed by atoms with van der Waals surface area (Å²) in [5.41, 5.74) is -1.06. The van der Waals surface area contributed by atoms with Crippen LogP contribution in [0.25, 0.3) is 0 Å². The van der Waals surface area contributed by atoms with Crippen molar-refractivity contribution in [2.75, 3.05) is 0 Å². The number of hydrogen-bond donors (Lipinski definition) is 0. The lowest BCUT2D eigenvalue weighted by Crippen LogP contribution is -2.49. The lowest BCUT2D eigenvalue weighted by molar-refractivity contribution is -0.178. The van der Waals surface area contributed by atoms with Crippen molar-refractivity contribution in [1.82, 2.24) is 0 Å². The predicted octanol–water partition coefficient (Wildman–Crippen LogP) is 2.45. The van der Waals surface area contributed by atoms with Crippen molar-refractivity contribution in [3.8, 4) is 0 Å². The van der Waals surface area contributed by atoms with Crippen molar-refractivity contribution in [2.45, 2.75) is 57.8 Å². The SMILES string of the molecule is CC1(C)OC(=O)[C@H]2CCC=C[C@@H]2OC1(C)C. The maximum absolute atomic E-state index is 12.0. The molecular formula is C13H20O3. The molecule has 16 heavy (non-hydrogen) atoms. The van der Waals surface area contributed by atoms with E-state index >= 15 is 0 Å². The summed E-state index contributed by atoms with van der Waals surface area (Å²) in [6.45, 7) is 7.77. The molecule has 1 aliphatic heterocycles. The van der Waals surface area contributed by atoms with E-state index < -0.39 is 11.2 Å². The maximum atomic E-state index is 12.0. The van der Waals surface area contributed by atoms with Crippen LogP contribution in [0.4, 0.5) is 0 Å². The highest BCUT2D eigenvalue weighted by Gasteiger charge is 2.49. The van der Waals surface area contributed by atoms with Crippen molar-refractivity contribution in [3.63, 3.8) is 0 Å². The number of ether oxygens (including phenoxy) is 2. The van der Waals surface area contributed by atoms with Crippen molar-refractivity contribution >= 4 is 5.97 Å². The van der Waals surface area contributed by atoms with Gasteiger partial charge in [-0.25, -0.2) is 0 Å². The van der Waals surface area contributed by atoms with Crippen LogP contribution in [-0.2, 0) is 14.3 Å². The zero-order valence-corrected chi connectivity index (χ0v) is 10.4. The van der Waals surface area contributed by atoms with E-state index in [1.807, 2.05) is 33.8 Å². The fourth-order valence-corrected chi connectivity index (χ4v) is 2.11. The second kappa shape index (κ2) is 3.59. The van der Waals surface area contributed by atoms with Crippen molar-refractivity contribution in [3.05, 3.63) is 12.2 Å². The van der Waals surface area contributed by atoms with Crippen LogP contribution in [0.15, 0.2) is 12.2 Å². The molecule has 0 unspecified atom stereocenters. The molecule has 0 aromatic carbocycles. The van der Waals surface area contributed by atoms with E-state index in [9.17, 15) is 4.79 Å². The minimum absolute atomic E-state index is 0.120. The van der Waals surface area contributed by atoms with Gasteiger partial charge in [0.25, 0.3) is 0 Å². The summed E-state index contributed by atoms with van der Waals surface area (Å²) in [6.07, 6.45) is 5.71. The third-order valence-corrected chi connectivity index (χ3v) is 3.91. The second-order valence-corrected chi connectivity index (χ2v) is 5.64. The molecule has 1 heterocycles. The van der Waals surface area contributed by atoms with Gasteiger partial charge in [-0.05, 0) is 40.5 Å². The highest BCUT2D eigenvalue weighted by atomic mass is 16.6. The first-order valence-corrected chi connectivity index (χ1v) is 5.91. The fourth-order valence-electron chi connectivity index (χ4n) is 2.11. The molecule has 2 atom stereocenters. The number of allylic oxidation sites excluding steroid dienone is 1. The average Bonchev–Trinajstić information content (AvgIpc) is 2.22. The first-order chi connectivity index (χ1) is 7.33. The van der Waals surface area contributed by atoms with Gasteiger partial charge in [0.2, 0.25) is 0 Å². The minimum atomic E-state index is -0.588. The van der Waals surface area contributed by atoms with E-state index in [1.165, 1.54) is 0 Å². The lowest BCUT2D eigenvalue weighted by atomic mass is 9.88.